The first-order valence-electron chi connectivity index (χ1n) is 8.99. The lowest BCUT2D eigenvalue weighted by Crippen LogP contribution is -2.51. The summed E-state index contributed by atoms with van der Waals surface area (Å²) in [5.74, 6) is 0.508. The molecule has 0 unspecified atom stereocenters. The van der Waals surface area contributed by atoms with Crippen LogP contribution in [0.25, 0.3) is 0 Å². The van der Waals surface area contributed by atoms with Gasteiger partial charge in [-0.1, -0.05) is 30.3 Å². The van der Waals surface area contributed by atoms with E-state index in [4.69, 9.17) is 5.73 Å². The monoisotopic (exact) mass is 384 g/mol. The molecule has 1 aliphatic rings. The second kappa shape index (κ2) is 9.55. The summed E-state index contributed by atoms with van der Waals surface area (Å²) in [5, 5.41) is 4.61. The standard InChI is InChI=1S/C20H24N4O2S/c21-13-19(25)23-24-12-4-7-18(24)20(26)22-16-8-10-17(11-9-16)27-14-15-5-2-1-3-6-15/h1-3,5-6,8-11,18H,4,7,12-14,21H2,(H,22,26)(H,23,25)/t18-/m0/s1. The van der Waals surface area contributed by atoms with Gasteiger partial charge in [0.15, 0.2) is 0 Å². The minimum Gasteiger partial charge on any atom is -0.325 e. The number of amides is 2. The molecular formula is C20H24N4O2S. The van der Waals surface area contributed by atoms with Gasteiger partial charge in [-0.25, -0.2) is 5.01 Å². The number of hydrazine groups is 1. The summed E-state index contributed by atoms with van der Waals surface area (Å²) in [6, 6.07) is 17.8. The minimum absolute atomic E-state index is 0.0903. The number of benzene rings is 2. The molecule has 7 heteroatoms. The van der Waals surface area contributed by atoms with Gasteiger partial charge in [-0.2, -0.15) is 0 Å². The van der Waals surface area contributed by atoms with E-state index in [0.717, 1.165) is 22.8 Å². The molecule has 4 N–H and O–H groups in total. The van der Waals surface area contributed by atoms with E-state index in [-0.39, 0.29) is 24.4 Å². The zero-order valence-corrected chi connectivity index (χ0v) is 15.9. The van der Waals surface area contributed by atoms with Gasteiger partial charge >= 0.3 is 0 Å². The number of thioether (sulfide) groups is 1. The topological polar surface area (TPSA) is 87.5 Å². The Labute approximate surface area is 163 Å². The highest BCUT2D eigenvalue weighted by atomic mass is 32.2. The van der Waals surface area contributed by atoms with E-state index in [1.165, 1.54) is 5.56 Å². The van der Waals surface area contributed by atoms with Gasteiger partial charge < -0.3 is 11.1 Å². The van der Waals surface area contributed by atoms with Crippen LogP contribution in [0.15, 0.2) is 59.5 Å². The van der Waals surface area contributed by atoms with E-state index in [9.17, 15) is 9.59 Å². The predicted molar refractivity (Wildman–Crippen MR) is 108 cm³/mol. The van der Waals surface area contributed by atoms with Crippen molar-refractivity contribution in [1.29, 1.82) is 0 Å². The van der Waals surface area contributed by atoms with Crippen molar-refractivity contribution in [3.8, 4) is 0 Å². The molecule has 1 aliphatic heterocycles. The Balaban J connectivity index is 1.53. The Morgan fingerprint density at radius 3 is 2.56 bits per heavy atom. The van der Waals surface area contributed by atoms with Crippen LogP contribution in [0.4, 0.5) is 5.69 Å². The van der Waals surface area contributed by atoms with E-state index in [1.807, 2.05) is 42.5 Å². The van der Waals surface area contributed by atoms with E-state index in [2.05, 4.69) is 22.9 Å². The lowest BCUT2D eigenvalue weighted by atomic mass is 10.2. The van der Waals surface area contributed by atoms with Gasteiger partial charge in [0.25, 0.3) is 0 Å². The van der Waals surface area contributed by atoms with E-state index >= 15 is 0 Å². The van der Waals surface area contributed by atoms with Gasteiger partial charge in [-0.05, 0) is 42.7 Å². The summed E-state index contributed by atoms with van der Waals surface area (Å²) in [6.45, 7) is 0.561. The van der Waals surface area contributed by atoms with Crippen LogP contribution in [-0.2, 0) is 15.3 Å². The minimum atomic E-state index is -0.368. The first-order chi connectivity index (χ1) is 13.2. The number of anilines is 1. The molecule has 0 saturated carbocycles. The molecule has 1 fully saturated rings. The van der Waals surface area contributed by atoms with Gasteiger partial charge in [0.1, 0.15) is 6.04 Å². The third-order valence-electron chi connectivity index (χ3n) is 4.38. The Morgan fingerprint density at radius 1 is 1.11 bits per heavy atom. The fourth-order valence-corrected chi connectivity index (χ4v) is 3.83. The molecule has 1 atom stereocenters. The number of nitrogens with one attached hydrogen (secondary N) is 2. The average molecular weight is 385 g/mol. The maximum Gasteiger partial charge on any atom is 0.248 e. The van der Waals surface area contributed by atoms with Crippen molar-refractivity contribution in [2.24, 2.45) is 5.73 Å². The summed E-state index contributed by atoms with van der Waals surface area (Å²) in [6.07, 6.45) is 1.57. The van der Waals surface area contributed by atoms with Crippen LogP contribution in [0.1, 0.15) is 18.4 Å². The molecule has 1 heterocycles. The van der Waals surface area contributed by atoms with E-state index in [1.54, 1.807) is 16.8 Å². The average Bonchev–Trinajstić information content (AvgIpc) is 3.16. The maximum absolute atomic E-state index is 12.6. The van der Waals surface area contributed by atoms with Crippen LogP contribution < -0.4 is 16.5 Å². The Bertz CT molecular complexity index is 767. The predicted octanol–water partition coefficient (Wildman–Crippen LogP) is 2.37. The second-order valence-corrected chi connectivity index (χ2v) is 7.43. The van der Waals surface area contributed by atoms with Crippen molar-refractivity contribution < 1.29 is 9.59 Å². The van der Waals surface area contributed by atoms with Crippen molar-refractivity contribution in [3.63, 3.8) is 0 Å². The van der Waals surface area contributed by atoms with Crippen LogP contribution >= 0.6 is 11.8 Å². The van der Waals surface area contributed by atoms with Crippen molar-refractivity contribution in [2.75, 3.05) is 18.4 Å². The number of rotatable bonds is 7. The number of carbonyl (C=O) groups excluding carboxylic acids is 2. The number of hydrogen-bond donors (Lipinski definition) is 3. The third-order valence-corrected chi connectivity index (χ3v) is 5.46. The third kappa shape index (κ3) is 5.56. The molecule has 2 amide bonds. The van der Waals surface area contributed by atoms with Crippen molar-refractivity contribution in [3.05, 3.63) is 60.2 Å². The van der Waals surface area contributed by atoms with Gasteiger partial charge in [0, 0.05) is 22.9 Å². The number of carbonyl (C=O) groups is 2. The zero-order valence-electron chi connectivity index (χ0n) is 15.1. The highest BCUT2D eigenvalue weighted by Crippen LogP contribution is 2.24. The zero-order chi connectivity index (χ0) is 19.1. The normalized spacial score (nSPS) is 16.9. The molecule has 2 aromatic rings. The van der Waals surface area contributed by atoms with Gasteiger partial charge in [0.2, 0.25) is 11.8 Å². The molecule has 0 bridgehead atoms. The lowest BCUT2D eigenvalue weighted by Gasteiger charge is -2.24. The molecule has 0 spiro atoms. The summed E-state index contributed by atoms with van der Waals surface area (Å²) in [4.78, 5) is 25.2. The van der Waals surface area contributed by atoms with Crippen LogP contribution in [0.5, 0.6) is 0 Å². The van der Waals surface area contributed by atoms with Gasteiger partial charge in [0.05, 0.1) is 6.54 Å². The van der Waals surface area contributed by atoms with Crippen LogP contribution in [0, 0.1) is 0 Å². The molecular weight excluding hydrogens is 360 g/mol. The van der Waals surface area contributed by atoms with Crippen LogP contribution in [0.2, 0.25) is 0 Å². The number of nitrogens with zero attached hydrogens (tertiary/aromatic N) is 1. The fraction of sp³-hybridized carbons (Fsp3) is 0.300. The summed E-state index contributed by atoms with van der Waals surface area (Å²) < 4.78 is 0. The SMILES string of the molecule is NCC(=O)NN1CCC[C@H]1C(=O)Nc1ccc(SCc2ccccc2)cc1. The summed E-state index contributed by atoms with van der Waals surface area (Å²) >= 11 is 1.76. The fourth-order valence-electron chi connectivity index (χ4n) is 2.98. The smallest absolute Gasteiger partial charge is 0.248 e. The Morgan fingerprint density at radius 2 is 1.85 bits per heavy atom. The molecule has 6 nitrogen and oxygen atoms in total. The van der Waals surface area contributed by atoms with Gasteiger partial charge in [-0.15, -0.1) is 11.8 Å². The van der Waals surface area contributed by atoms with Crippen LogP contribution in [0.3, 0.4) is 0 Å². The first kappa shape index (κ1) is 19.4. The quantitative estimate of drug-likeness (QED) is 0.638. The van der Waals surface area contributed by atoms with E-state index in [0.29, 0.717) is 13.0 Å². The molecule has 0 aliphatic carbocycles. The molecule has 2 aromatic carbocycles. The second-order valence-electron chi connectivity index (χ2n) is 6.38. The largest absolute Gasteiger partial charge is 0.325 e. The van der Waals surface area contributed by atoms with Crippen molar-refractivity contribution in [2.45, 2.75) is 29.5 Å². The Kier molecular flexibility index (Phi) is 6.86. The molecule has 27 heavy (non-hydrogen) atoms. The van der Waals surface area contributed by atoms with Crippen LogP contribution in [-0.4, -0.2) is 36.0 Å². The molecule has 1 saturated heterocycles. The van der Waals surface area contributed by atoms with E-state index < -0.39 is 0 Å². The molecule has 3 rings (SSSR count). The van der Waals surface area contributed by atoms with Gasteiger partial charge in [-0.3, -0.25) is 15.0 Å². The summed E-state index contributed by atoms with van der Waals surface area (Å²) in [7, 11) is 0. The maximum atomic E-state index is 12.6. The number of hydrogen-bond acceptors (Lipinski definition) is 5. The van der Waals surface area contributed by atoms with Crippen molar-refractivity contribution >= 4 is 29.3 Å². The highest BCUT2D eigenvalue weighted by molar-refractivity contribution is 7.98. The number of nitrogens with two attached hydrogens (primary N) is 1. The molecule has 0 radical (unpaired) electrons. The Hall–Kier alpha value is -2.35. The van der Waals surface area contributed by atoms with Crippen molar-refractivity contribution in [1.82, 2.24) is 10.4 Å². The lowest BCUT2D eigenvalue weighted by molar-refractivity contribution is -0.128. The highest BCUT2D eigenvalue weighted by Gasteiger charge is 2.31. The molecule has 0 aromatic heterocycles. The molecule has 142 valence electrons. The summed E-state index contributed by atoms with van der Waals surface area (Å²) in [5.41, 5.74) is 10.1. The first-order valence-corrected chi connectivity index (χ1v) is 9.98.